The SMILES string of the molecule is COc1cc(OC)c(NC(=S)Nc2ccc(S(=O)(=O)Nc3ncccn3)cc2)cc1Cl. The van der Waals surface area contributed by atoms with Crippen LogP contribution in [0.5, 0.6) is 11.5 Å². The number of hydrogen-bond acceptors (Lipinski definition) is 7. The van der Waals surface area contributed by atoms with Crippen LogP contribution in [-0.4, -0.2) is 37.7 Å². The van der Waals surface area contributed by atoms with Gasteiger partial charge < -0.3 is 20.1 Å². The van der Waals surface area contributed by atoms with Gasteiger partial charge in [-0.15, -0.1) is 0 Å². The first kappa shape index (κ1) is 22.5. The summed E-state index contributed by atoms with van der Waals surface area (Å²) in [4.78, 5) is 7.75. The predicted octanol–water partition coefficient (Wildman–Crippen LogP) is 3.76. The molecule has 3 aromatic rings. The highest BCUT2D eigenvalue weighted by Gasteiger charge is 2.16. The lowest BCUT2D eigenvalue weighted by molar-refractivity contribution is 0.396. The number of sulfonamides is 1. The number of anilines is 3. The van der Waals surface area contributed by atoms with Crippen molar-refractivity contribution < 1.29 is 17.9 Å². The molecule has 2 aromatic carbocycles. The standard InChI is InChI=1S/C19H18ClN5O4S2/c1-28-16-11-17(29-2)15(10-14(16)20)24-19(30)23-12-4-6-13(7-5-12)31(26,27)25-18-21-8-3-9-22-18/h3-11H,1-2H3,(H,21,22,25)(H2,23,24,30). The van der Waals surface area contributed by atoms with Crippen molar-refractivity contribution in [3.05, 3.63) is 59.9 Å². The van der Waals surface area contributed by atoms with E-state index in [-0.39, 0.29) is 16.0 Å². The Bertz CT molecular complexity index is 1180. The Morgan fingerprint density at radius 2 is 1.65 bits per heavy atom. The molecule has 0 fully saturated rings. The van der Waals surface area contributed by atoms with E-state index in [2.05, 4.69) is 25.3 Å². The maximum Gasteiger partial charge on any atom is 0.264 e. The van der Waals surface area contributed by atoms with Gasteiger partial charge in [0.15, 0.2) is 5.11 Å². The minimum atomic E-state index is -3.82. The van der Waals surface area contributed by atoms with Gasteiger partial charge in [-0.05, 0) is 48.6 Å². The predicted molar refractivity (Wildman–Crippen MR) is 124 cm³/mol. The van der Waals surface area contributed by atoms with Crippen molar-refractivity contribution in [2.75, 3.05) is 29.6 Å². The third-order valence-corrected chi connectivity index (χ3v) is 5.78. The minimum absolute atomic E-state index is 0.0119. The molecule has 0 aliphatic heterocycles. The van der Waals surface area contributed by atoms with Crippen LogP contribution in [0.2, 0.25) is 5.02 Å². The van der Waals surface area contributed by atoms with Gasteiger partial charge in [-0.1, -0.05) is 11.6 Å². The maximum absolute atomic E-state index is 12.4. The van der Waals surface area contributed by atoms with Crippen LogP contribution in [0, 0.1) is 0 Å². The van der Waals surface area contributed by atoms with Crippen LogP contribution in [0.15, 0.2) is 59.8 Å². The molecule has 0 aliphatic carbocycles. The molecular weight excluding hydrogens is 462 g/mol. The molecule has 0 radical (unpaired) electrons. The average Bonchev–Trinajstić information content (AvgIpc) is 2.74. The number of rotatable bonds is 7. The minimum Gasteiger partial charge on any atom is -0.495 e. The normalized spacial score (nSPS) is 10.8. The summed E-state index contributed by atoms with van der Waals surface area (Å²) in [6.45, 7) is 0. The van der Waals surface area contributed by atoms with Gasteiger partial charge in [0.1, 0.15) is 11.5 Å². The molecule has 1 aromatic heterocycles. The van der Waals surface area contributed by atoms with Crippen molar-refractivity contribution in [2.45, 2.75) is 4.90 Å². The van der Waals surface area contributed by atoms with Crippen LogP contribution in [0.3, 0.4) is 0 Å². The Balaban J connectivity index is 1.69. The van der Waals surface area contributed by atoms with E-state index in [1.165, 1.54) is 38.7 Å². The Kier molecular flexibility index (Phi) is 7.10. The number of ether oxygens (including phenoxy) is 2. The third-order valence-electron chi connectivity index (χ3n) is 3.94. The quantitative estimate of drug-likeness (QED) is 0.435. The lowest BCUT2D eigenvalue weighted by Crippen LogP contribution is -2.20. The van der Waals surface area contributed by atoms with Crippen molar-refractivity contribution in [3.8, 4) is 11.5 Å². The number of nitrogens with zero attached hydrogens (tertiary/aromatic N) is 2. The molecule has 3 N–H and O–H groups in total. The second-order valence-corrected chi connectivity index (χ2v) is 8.47. The fraction of sp³-hybridized carbons (Fsp3) is 0.105. The number of hydrogen-bond donors (Lipinski definition) is 3. The zero-order valence-corrected chi connectivity index (χ0v) is 18.8. The van der Waals surface area contributed by atoms with Gasteiger partial charge in [0, 0.05) is 24.1 Å². The highest BCUT2D eigenvalue weighted by atomic mass is 35.5. The monoisotopic (exact) mass is 479 g/mol. The molecule has 12 heteroatoms. The first-order valence-corrected chi connectivity index (χ1v) is 11.0. The Labute approximate surface area is 189 Å². The van der Waals surface area contributed by atoms with Gasteiger partial charge in [0.05, 0.1) is 29.8 Å². The molecule has 162 valence electrons. The van der Waals surface area contributed by atoms with Crippen LogP contribution in [0.4, 0.5) is 17.3 Å². The van der Waals surface area contributed by atoms with Crippen molar-refractivity contribution >= 4 is 56.3 Å². The molecule has 0 saturated heterocycles. The molecule has 0 amide bonds. The molecule has 0 saturated carbocycles. The highest BCUT2D eigenvalue weighted by Crippen LogP contribution is 2.36. The number of thiocarbonyl (C=S) groups is 1. The highest BCUT2D eigenvalue weighted by molar-refractivity contribution is 7.92. The van der Waals surface area contributed by atoms with Gasteiger partial charge >= 0.3 is 0 Å². The Hall–Kier alpha value is -3.15. The molecule has 1 heterocycles. The van der Waals surface area contributed by atoms with Crippen LogP contribution in [0.25, 0.3) is 0 Å². The maximum atomic E-state index is 12.4. The van der Waals surface area contributed by atoms with Crippen molar-refractivity contribution in [2.24, 2.45) is 0 Å². The van der Waals surface area contributed by atoms with Gasteiger partial charge in [-0.2, -0.15) is 0 Å². The van der Waals surface area contributed by atoms with E-state index in [9.17, 15) is 8.42 Å². The van der Waals surface area contributed by atoms with Gasteiger partial charge in [-0.3, -0.25) is 0 Å². The van der Waals surface area contributed by atoms with Gasteiger partial charge in [0.25, 0.3) is 10.0 Å². The molecule has 9 nitrogen and oxygen atoms in total. The summed E-state index contributed by atoms with van der Waals surface area (Å²) in [7, 11) is -0.804. The molecule has 0 bridgehead atoms. The third kappa shape index (κ3) is 5.72. The summed E-state index contributed by atoms with van der Waals surface area (Å²) in [6.07, 6.45) is 2.88. The molecular formula is C19H18ClN5O4S2. The summed E-state index contributed by atoms with van der Waals surface area (Å²) in [6, 6.07) is 10.9. The fourth-order valence-electron chi connectivity index (χ4n) is 2.49. The summed E-state index contributed by atoms with van der Waals surface area (Å²) >= 11 is 11.5. The van der Waals surface area contributed by atoms with Crippen LogP contribution in [0.1, 0.15) is 0 Å². The molecule has 0 spiro atoms. The van der Waals surface area contributed by atoms with Gasteiger partial charge in [-0.25, -0.2) is 23.1 Å². The summed E-state index contributed by atoms with van der Waals surface area (Å²) in [5.41, 5.74) is 1.11. The van der Waals surface area contributed by atoms with E-state index in [0.29, 0.717) is 27.9 Å². The van der Waals surface area contributed by atoms with Crippen LogP contribution in [-0.2, 0) is 10.0 Å². The molecule has 0 aliphatic rings. The summed E-state index contributed by atoms with van der Waals surface area (Å²) in [5.74, 6) is 0.942. The number of nitrogens with one attached hydrogen (secondary N) is 3. The lowest BCUT2D eigenvalue weighted by Gasteiger charge is -2.15. The van der Waals surface area contributed by atoms with E-state index in [0.717, 1.165) is 0 Å². The number of halogens is 1. The smallest absolute Gasteiger partial charge is 0.264 e. The molecule has 3 rings (SSSR count). The Morgan fingerprint density at radius 3 is 2.26 bits per heavy atom. The second-order valence-electron chi connectivity index (χ2n) is 5.97. The van der Waals surface area contributed by atoms with Crippen LogP contribution < -0.4 is 24.8 Å². The molecule has 0 unspecified atom stereocenters. The van der Waals surface area contributed by atoms with Crippen molar-refractivity contribution in [1.82, 2.24) is 9.97 Å². The number of benzene rings is 2. The number of aromatic nitrogens is 2. The van der Waals surface area contributed by atoms with E-state index in [4.69, 9.17) is 33.3 Å². The summed E-state index contributed by atoms with van der Waals surface area (Å²) < 4.78 is 37.7. The largest absolute Gasteiger partial charge is 0.495 e. The summed E-state index contributed by atoms with van der Waals surface area (Å²) in [5, 5.41) is 6.60. The van der Waals surface area contributed by atoms with Crippen LogP contribution >= 0.6 is 23.8 Å². The topological polar surface area (TPSA) is 114 Å². The first-order chi connectivity index (χ1) is 14.8. The van der Waals surface area contributed by atoms with Crippen molar-refractivity contribution in [1.29, 1.82) is 0 Å². The van der Waals surface area contributed by atoms with E-state index >= 15 is 0 Å². The zero-order chi connectivity index (χ0) is 22.4. The molecule has 31 heavy (non-hydrogen) atoms. The number of methoxy groups -OCH3 is 2. The molecule has 0 atom stereocenters. The van der Waals surface area contributed by atoms with E-state index in [1.54, 1.807) is 30.3 Å². The van der Waals surface area contributed by atoms with E-state index in [1.807, 2.05) is 0 Å². The Morgan fingerprint density at radius 1 is 1.00 bits per heavy atom. The first-order valence-electron chi connectivity index (χ1n) is 8.72. The average molecular weight is 480 g/mol. The fourth-order valence-corrected chi connectivity index (χ4v) is 3.92. The van der Waals surface area contributed by atoms with Gasteiger partial charge in [0.2, 0.25) is 5.95 Å². The van der Waals surface area contributed by atoms with Crippen molar-refractivity contribution in [3.63, 3.8) is 0 Å². The lowest BCUT2D eigenvalue weighted by atomic mass is 10.2. The van der Waals surface area contributed by atoms with E-state index < -0.39 is 10.0 Å². The zero-order valence-electron chi connectivity index (χ0n) is 16.4. The second kappa shape index (κ2) is 9.77.